The van der Waals surface area contributed by atoms with Gasteiger partial charge in [0.15, 0.2) is 0 Å². The van der Waals surface area contributed by atoms with Crippen LogP contribution in [0.4, 0.5) is 9.18 Å². The number of hydrogen-bond acceptors (Lipinski definition) is 3. The first-order chi connectivity index (χ1) is 13.0. The number of likely N-dealkylation sites (N-methyl/N-ethyl adjacent to an activating group) is 1. The lowest BCUT2D eigenvalue weighted by Crippen LogP contribution is -2.56. The quantitative estimate of drug-likeness (QED) is 0.811. The summed E-state index contributed by atoms with van der Waals surface area (Å²) < 4.78 is 18.9. The summed E-state index contributed by atoms with van der Waals surface area (Å²) in [5.41, 5.74) is 0.491. The molecule has 0 radical (unpaired) electrons. The number of ether oxygens (including phenoxy) is 1. The van der Waals surface area contributed by atoms with Crippen LogP contribution in [0.2, 0.25) is 0 Å². The third-order valence-corrected chi connectivity index (χ3v) is 6.08. The Morgan fingerprint density at radius 1 is 1.33 bits per heavy atom. The molecule has 3 aliphatic rings. The molecular weight excluding hydrogens is 349 g/mol. The Balaban J connectivity index is 1.38. The Labute approximate surface area is 158 Å². The molecular formula is C20H26FN3O3. The summed E-state index contributed by atoms with van der Waals surface area (Å²) in [7, 11) is 1.85. The van der Waals surface area contributed by atoms with Gasteiger partial charge in [-0.3, -0.25) is 4.79 Å². The second-order valence-electron chi connectivity index (χ2n) is 7.95. The van der Waals surface area contributed by atoms with Crippen LogP contribution in [0.3, 0.4) is 0 Å². The summed E-state index contributed by atoms with van der Waals surface area (Å²) in [4.78, 5) is 31.0. The van der Waals surface area contributed by atoms with Gasteiger partial charge in [-0.2, -0.15) is 0 Å². The number of urea groups is 1. The van der Waals surface area contributed by atoms with E-state index < -0.39 is 0 Å². The predicted octanol–water partition coefficient (Wildman–Crippen LogP) is 1.89. The number of benzene rings is 1. The maximum Gasteiger partial charge on any atom is 0.320 e. The van der Waals surface area contributed by atoms with E-state index in [1.54, 1.807) is 17.0 Å². The van der Waals surface area contributed by atoms with Crippen LogP contribution >= 0.6 is 0 Å². The van der Waals surface area contributed by atoms with Crippen molar-refractivity contribution in [2.75, 3.05) is 39.9 Å². The van der Waals surface area contributed by atoms with Crippen molar-refractivity contribution >= 4 is 11.9 Å². The van der Waals surface area contributed by atoms with Crippen molar-refractivity contribution in [3.8, 4) is 0 Å². The molecule has 0 N–H and O–H groups in total. The molecule has 1 aromatic carbocycles. The molecule has 0 saturated carbocycles. The zero-order valence-corrected chi connectivity index (χ0v) is 15.7. The highest BCUT2D eigenvalue weighted by Crippen LogP contribution is 2.37. The van der Waals surface area contributed by atoms with Crippen molar-refractivity contribution in [3.05, 3.63) is 35.6 Å². The molecule has 7 heteroatoms. The molecule has 1 unspecified atom stereocenters. The largest absolute Gasteiger partial charge is 0.379 e. The average Bonchev–Trinajstić information content (AvgIpc) is 3.20. The fourth-order valence-electron chi connectivity index (χ4n) is 4.73. The molecule has 0 aromatic heterocycles. The van der Waals surface area contributed by atoms with Crippen LogP contribution in [0.5, 0.6) is 0 Å². The number of halogens is 1. The van der Waals surface area contributed by atoms with Crippen molar-refractivity contribution in [2.45, 2.75) is 37.3 Å². The van der Waals surface area contributed by atoms with Gasteiger partial charge < -0.3 is 19.4 Å². The van der Waals surface area contributed by atoms with E-state index >= 15 is 0 Å². The Hall–Kier alpha value is -2.15. The zero-order chi connectivity index (χ0) is 19.0. The van der Waals surface area contributed by atoms with Crippen molar-refractivity contribution in [1.29, 1.82) is 0 Å². The van der Waals surface area contributed by atoms with Crippen molar-refractivity contribution in [1.82, 2.24) is 14.7 Å². The monoisotopic (exact) mass is 375 g/mol. The maximum absolute atomic E-state index is 13.3. The van der Waals surface area contributed by atoms with E-state index in [2.05, 4.69) is 0 Å². The van der Waals surface area contributed by atoms with Crippen molar-refractivity contribution < 1.29 is 18.7 Å². The minimum absolute atomic E-state index is 0.0165. The number of likely N-dealkylation sites (tertiary alicyclic amines) is 1. The number of hydrogen-bond donors (Lipinski definition) is 0. The summed E-state index contributed by atoms with van der Waals surface area (Å²) >= 11 is 0. The van der Waals surface area contributed by atoms with Crippen LogP contribution in [-0.4, -0.2) is 78.1 Å². The van der Waals surface area contributed by atoms with Gasteiger partial charge in [-0.15, -0.1) is 0 Å². The fourth-order valence-corrected chi connectivity index (χ4v) is 4.73. The zero-order valence-electron chi connectivity index (χ0n) is 15.7. The number of rotatable bonds is 3. The van der Waals surface area contributed by atoms with E-state index in [1.807, 2.05) is 16.8 Å². The minimum atomic E-state index is -0.320. The van der Waals surface area contributed by atoms with E-state index in [9.17, 15) is 14.0 Å². The topological polar surface area (TPSA) is 53.1 Å². The molecule has 4 rings (SSSR count). The van der Waals surface area contributed by atoms with E-state index in [4.69, 9.17) is 4.74 Å². The van der Waals surface area contributed by atoms with Gasteiger partial charge in [0.25, 0.3) is 0 Å². The molecule has 0 bridgehead atoms. The standard InChI is InChI=1S/C20H26FN3O3/c1-22-13-20(7-10-27-14-20)24(19(22)26)17-5-8-23(9-6-17)18(25)12-15-3-2-4-16(21)11-15/h2-4,11,17H,5-10,12-14H2,1H3. The van der Waals surface area contributed by atoms with Crippen LogP contribution in [0.15, 0.2) is 24.3 Å². The second kappa shape index (κ2) is 7.11. The predicted molar refractivity (Wildman–Crippen MR) is 97.7 cm³/mol. The Morgan fingerprint density at radius 2 is 2.11 bits per heavy atom. The normalized spacial score (nSPS) is 26.4. The van der Waals surface area contributed by atoms with E-state index in [1.165, 1.54) is 12.1 Å². The lowest BCUT2D eigenvalue weighted by Gasteiger charge is -2.42. The highest BCUT2D eigenvalue weighted by atomic mass is 19.1. The smallest absolute Gasteiger partial charge is 0.320 e. The minimum Gasteiger partial charge on any atom is -0.379 e. The summed E-state index contributed by atoms with van der Waals surface area (Å²) in [5, 5.41) is 0. The van der Waals surface area contributed by atoms with Crippen molar-refractivity contribution in [3.63, 3.8) is 0 Å². The molecule has 3 amide bonds. The lowest BCUT2D eigenvalue weighted by molar-refractivity contribution is -0.132. The third kappa shape index (κ3) is 3.40. The third-order valence-electron chi connectivity index (χ3n) is 6.08. The molecule has 0 aliphatic carbocycles. The number of amides is 3. The van der Waals surface area contributed by atoms with Gasteiger partial charge in [-0.05, 0) is 37.0 Å². The van der Waals surface area contributed by atoms with Crippen LogP contribution in [0, 0.1) is 5.82 Å². The van der Waals surface area contributed by atoms with E-state index in [-0.39, 0.29) is 35.8 Å². The van der Waals surface area contributed by atoms with E-state index in [0.29, 0.717) is 38.4 Å². The number of nitrogens with zero attached hydrogens (tertiary/aromatic N) is 3. The van der Waals surface area contributed by atoms with Gasteiger partial charge in [-0.25, -0.2) is 9.18 Å². The van der Waals surface area contributed by atoms with E-state index in [0.717, 1.165) is 19.3 Å². The molecule has 1 aromatic rings. The lowest BCUT2D eigenvalue weighted by atomic mass is 9.92. The van der Waals surface area contributed by atoms with Crippen LogP contribution in [-0.2, 0) is 16.0 Å². The first-order valence-corrected chi connectivity index (χ1v) is 9.63. The van der Waals surface area contributed by atoms with Gasteiger partial charge >= 0.3 is 6.03 Å². The summed E-state index contributed by atoms with van der Waals surface area (Å²) in [6.45, 7) is 3.27. The molecule has 1 spiro atoms. The molecule has 3 fully saturated rings. The van der Waals surface area contributed by atoms with Crippen LogP contribution in [0.25, 0.3) is 0 Å². The van der Waals surface area contributed by atoms with Crippen LogP contribution < -0.4 is 0 Å². The fraction of sp³-hybridized carbons (Fsp3) is 0.600. The number of carbonyl (C=O) groups is 2. The molecule has 3 aliphatic heterocycles. The molecule has 6 nitrogen and oxygen atoms in total. The first kappa shape index (κ1) is 18.2. The molecule has 3 heterocycles. The van der Waals surface area contributed by atoms with Crippen molar-refractivity contribution in [2.24, 2.45) is 0 Å². The highest BCUT2D eigenvalue weighted by molar-refractivity contribution is 5.80. The molecule has 1 atom stereocenters. The average molecular weight is 375 g/mol. The Kier molecular flexibility index (Phi) is 4.80. The second-order valence-corrected chi connectivity index (χ2v) is 7.95. The number of carbonyl (C=O) groups excluding carboxylic acids is 2. The molecule has 146 valence electrons. The summed E-state index contributed by atoms with van der Waals surface area (Å²) in [6, 6.07) is 6.41. The van der Waals surface area contributed by atoms with Gasteiger partial charge in [0.05, 0.1) is 18.6 Å². The van der Waals surface area contributed by atoms with Crippen LogP contribution in [0.1, 0.15) is 24.8 Å². The highest BCUT2D eigenvalue weighted by Gasteiger charge is 2.53. The SMILES string of the molecule is CN1CC2(CCOC2)N(C2CCN(C(=O)Cc3cccc(F)c3)CC2)C1=O. The summed E-state index contributed by atoms with van der Waals surface area (Å²) in [5.74, 6) is -0.303. The summed E-state index contributed by atoms with van der Waals surface area (Å²) in [6.07, 6.45) is 2.64. The maximum atomic E-state index is 13.3. The Bertz CT molecular complexity index is 727. The molecule has 27 heavy (non-hydrogen) atoms. The van der Waals surface area contributed by atoms with Gasteiger partial charge in [0.2, 0.25) is 5.91 Å². The molecule has 3 saturated heterocycles. The first-order valence-electron chi connectivity index (χ1n) is 9.63. The Morgan fingerprint density at radius 3 is 2.78 bits per heavy atom. The van der Waals surface area contributed by atoms with Gasteiger partial charge in [0.1, 0.15) is 5.82 Å². The van der Waals surface area contributed by atoms with Gasteiger partial charge in [-0.1, -0.05) is 12.1 Å². The number of piperidine rings is 1. The van der Waals surface area contributed by atoms with Gasteiger partial charge in [0, 0.05) is 39.3 Å².